The maximum absolute atomic E-state index is 11.9. The van der Waals surface area contributed by atoms with E-state index in [0.717, 1.165) is 11.1 Å². The molecule has 0 spiro atoms. The molecule has 2 aromatic carbocycles. The summed E-state index contributed by atoms with van der Waals surface area (Å²) in [5.74, 6) is 0.323. The van der Waals surface area contributed by atoms with E-state index in [1.165, 1.54) is 17.6 Å². The molecule has 0 aliphatic heterocycles. The van der Waals surface area contributed by atoms with E-state index in [4.69, 9.17) is 22.1 Å². The Kier molecular flexibility index (Phi) is 6.35. The average Bonchev–Trinajstić information content (AvgIpc) is 3.06. The van der Waals surface area contributed by atoms with Gasteiger partial charge in [0, 0.05) is 16.1 Å². The lowest BCUT2D eigenvalue weighted by molar-refractivity contribution is -0.120. The topological polar surface area (TPSA) is 102 Å². The van der Waals surface area contributed by atoms with Gasteiger partial charge < -0.3 is 10.5 Å². The van der Waals surface area contributed by atoms with E-state index in [1.807, 2.05) is 48.5 Å². The van der Waals surface area contributed by atoms with Crippen LogP contribution in [0.25, 0.3) is 0 Å². The fourth-order valence-electron chi connectivity index (χ4n) is 2.18. The number of carbonyl (C=O) groups excluding carboxylic acids is 1. The van der Waals surface area contributed by atoms with Crippen LogP contribution < -0.4 is 15.9 Å². The molecule has 0 unspecified atom stereocenters. The molecule has 0 saturated heterocycles. The molecule has 3 rings (SSSR count). The number of benzene rings is 2. The number of amides is 1. The van der Waals surface area contributed by atoms with Gasteiger partial charge in [-0.1, -0.05) is 53.3 Å². The first-order valence-electron chi connectivity index (χ1n) is 7.97. The Morgan fingerprint density at radius 3 is 2.78 bits per heavy atom. The van der Waals surface area contributed by atoms with Gasteiger partial charge in [-0.2, -0.15) is 5.10 Å². The molecule has 138 valence electrons. The highest BCUT2D eigenvalue weighted by molar-refractivity contribution is 7.15. The second-order valence-corrected chi connectivity index (χ2v) is 6.92. The number of halogens is 1. The fourth-order valence-corrected chi connectivity index (χ4v) is 2.98. The van der Waals surface area contributed by atoms with Crippen LogP contribution in [-0.2, 0) is 17.8 Å². The summed E-state index contributed by atoms with van der Waals surface area (Å²) in [6.07, 6.45) is 1.59. The number of hydrogen-bond donors (Lipinski definition) is 2. The molecule has 0 aliphatic carbocycles. The van der Waals surface area contributed by atoms with Crippen molar-refractivity contribution in [1.82, 2.24) is 15.6 Å². The van der Waals surface area contributed by atoms with Crippen molar-refractivity contribution in [2.75, 3.05) is 5.73 Å². The summed E-state index contributed by atoms with van der Waals surface area (Å²) in [6, 6.07) is 14.9. The Morgan fingerprint density at radius 2 is 2.00 bits per heavy atom. The molecule has 3 N–H and O–H groups in total. The van der Waals surface area contributed by atoms with Crippen molar-refractivity contribution in [2.24, 2.45) is 5.10 Å². The first kappa shape index (κ1) is 18.8. The number of para-hydroxylation sites is 1. The van der Waals surface area contributed by atoms with Crippen LogP contribution in [0.1, 0.15) is 16.1 Å². The minimum Gasteiger partial charge on any atom is -0.488 e. The number of rotatable bonds is 7. The van der Waals surface area contributed by atoms with E-state index in [-0.39, 0.29) is 12.3 Å². The van der Waals surface area contributed by atoms with Crippen LogP contribution >= 0.6 is 22.9 Å². The van der Waals surface area contributed by atoms with Gasteiger partial charge in [0.1, 0.15) is 17.4 Å². The number of aromatic nitrogens is 2. The van der Waals surface area contributed by atoms with Gasteiger partial charge >= 0.3 is 0 Å². The molecule has 1 heterocycles. The molecule has 0 aliphatic rings. The number of nitrogens with two attached hydrogens (primary N) is 1. The van der Waals surface area contributed by atoms with Gasteiger partial charge in [-0.25, -0.2) is 5.43 Å². The lowest BCUT2D eigenvalue weighted by Gasteiger charge is -2.10. The smallest absolute Gasteiger partial charge is 0.247 e. The number of nitrogens with zero attached hydrogens (tertiary/aromatic N) is 3. The van der Waals surface area contributed by atoms with Crippen molar-refractivity contribution >= 4 is 40.2 Å². The van der Waals surface area contributed by atoms with E-state index in [2.05, 4.69) is 20.7 Å². The summed E-state index contributed by atoms with van der Waals surface area (Å²) in [6.45, 7) is 0.329. The standard InChI is InChI=1S/C18H16ClN5O2S/c19-14-7-3-1-6-13(14)11-26-15-8-4-2-5-12(15)10-21-22-16(25)9-17-23-24-18(20)27-17/h1-8,10H,9,11H2,(H2,20,24)(H,22,25)/b21-10+. The largest absolute Gasteiger partial charge is 0.488 e. The first-order valence-corrected chi connectivity index (χ1v) is 9.16. The minimum absolute atomic E-state index is 0.0663. The third-order valence-corrected chi connectivity index (χ3v) is 4.57. The Hall–Kier alpha value is -2.97. The molecule has 0 saturated carbocycles. The molecule has 27 heavy (non-hydrogen) atoms. The van der Waals surface area contributed by atoms with Gasteiger partial charge in [0.2, 0.25) is 11.0 Å². The van der Waals surface area contributed by atoms with Gasteiger partial charge in [0.25, 0.3) is 0 Å². The molecule has 0 bridgehead atoms. The molecule has 7 nitrogen and oxygen atoms in total. The van der Waals surface area contributed by atoms with E-state index in [1.54, 1.807) is 0 Å². The van der Waals surface area contributed by atoms with Crippen LogP contribution in [-0.4, -0.2) is 22.3 Å². The lowest BCUT2D eigenvalue weighted by Crippen LogP contribution is -2.19. The highest BCUT2D eigenvalue weighted by atomic mass is 35.5. The van der Waals surface area contributed by atoms with Crippen LogP contribution in [0.4, 0.5) is 5.13 Å². The molecule has 3 aromatic rings. The summed E-state index contributed by atoms with van der Waals surface area (Å²) < 4.78 is 5.84. The molecule has 1 amide bonds. The maximum atomic E-state index is 11.9. The summed E-state index contributed by atoms with van der Waals surface area (Å²) in [5.41, 5.74) is 9.55. The second-order valence-electron chi connectivity index (χ2n) is 5.42. The minimum atomic E-state index is -0.308. The molecular formula is C18H16ClN5O2S. The quantitative estimate of drug-likeness (QED) is 0.468. The number of hydrazone groups is 1. The molecule has 0 fully saturated rings. The zero-order chi connectivity index (χ0) is 19.1. The van der Waals surface area contributed by atoms with Crippen molar-refractivity contribution in [2.45, 2.75) is 13.0 Å². The Bertz CT molecular complexity index is 960. The van der Waals surface area contributed by atoms with Gasteiger partial charge in [-0.3, -0.25) is 4.79 Å². The number of nitrogen functional groups attached to an aromatic ring is 1. The monoisotopic (exact) mass is 401 g/mol. The summed E-state index contributed by atoms with van der Waals surface area (Å²) in [4.78, 5) is 11.9. The highest BCUT2D eigenvalue weighted by Gasteiger charge is 2.08. The molecular weight excluding hydrogens is 386 g/mol. The van der Waals surface area contributed by atoms with Crippen molar-refractivity contribution in [1.29, 1.82) is 0 Å². The van der Waals surface area contributed by atoms with E-state index >= 15 is 0 Å². The second kappa shape index (κ2) is 9.11. The van der Waals surface area contributed by atoms with Crippen molar-refractivity contribution < 1.29 is 9.53 Å². The van der Waals surface area contributed by atoms with Gasteiger partial charge in [0.05, 0.1) is 12.6 Å². The van der Waals surface area contributed by atoms with Crippen LogP contribution in [0.2, 0.25) is 5.02 Å². The van der Waals surface area contributed by atoms with Crippen molar-refractivity contribution in [3.05, 3.63) is 69.7 Å². The number of nitrogens with one attached hydrogen (secondary N) is 1. The van der Waals surface area contributed by atoms with Gasteiger partial charge in [0.15, 0.2) is 0 Å². The van der Waals surface area contributed by atoms with E-state index < -0.39 is 0 Å². The predicted molar refractivity (Wildman–Crippen MR) is 106 cm³/mol. The summed E-state index contributed by atoms with van der Waals surface area (Å²) in [5, 5.41) is 12.9. The third-order valence-electron chi connectivity index (χ3n) is 3.45. The fraction of sp³-hybridized carbons (Fsp3) is 0.111. The molecule has 0 radical (unpaired) electrons. The van der Waals surface area contributed by atoms with Gasteiger partial charge in [-0.15, -0.1) is 10.2 Å². The number of carbonyl (C=O) groups is 1. The summed E-state index contributed by atoms with van der Waals surface area (Å²) in [7, 11) is 0. The number of hydrogen-bond acceptors (Lipinski definition) is 7. The zero-order valence-corrected chi connectivity index (χ0v) is 15.7. The van der Waals surface area contributed by atoms with Crippen molar-refractivity contribution in [3.63, 3.8) is 0 Å². The van der Waals surface area contributed by atoms with E-state index in [0.29, 0.717) is 27.5 Å². The average molecular weight is 402 g/mol. The third kappa shape index (κ3) is 5.50. The summed E-state index contributed by atoms with van der Waals surface area (Å²) >= 11 is 7.31. The zero-order valence-electron chi connectivity index (χ0n) is 14.1. The molecule has 1 aromatic heterocycles. The predicted octanol–water partition coefficient (Wildman–Crippen LogP) is 3.05. The Morgan fingerprint density at radius 1 is 1.22 bits per heavy atom. The highest BCUT2D eigenvalue weighted by Crippen LogP contribution is 2.21. The number of ether oxygens (including phenoxy) is 1. The molecule has 0 atom stereocenters. The number of anilines is 1. The Labute approximate surface area is 164 Å². The van der Waals surface area contributed by atoms with Crippen LogP contribution in [0, 0.1) is 0 Å². The van der Waals surface area contributed by atoms with Crippen LogP contribution in [0.5, 0.6) is 5.75 Å². The first-order chi connectivity index (χ1) is 13.1. The van der Waals surface area contributed by atoms with E-state index in [9.17, 15) is 4.79 Å². The van der Waals surface area contributed by atoms with Crippen LogP contribution in [0.3, 0.4) is 0 Å². The van der Waals surface area contributed by atoms with Crippen LogP contribution in [0.15, 0.2) is 53.6 Å². The van der Waals surface area contributed by atoms with Gasteiger partial charge in [-0.05, 0) is 18.2 Å². The maximum Gasteiger partial charge on any atom is 0.247 e. The van der Waals surface area contributed by atoms with Crippen molar-refractivity contribution in [3.8, 4) is 5.75 Å². The normalized spacial score (nSPS) is 10.9. The lowest BCUT2D eigenvalue weighted by atomic mass is 10.2. The molecule has 9 heteroatoms. The Balaban J connectivity index is 1.59. The SMILES string of the molecule is Nc1nnc(CC(=O)N/N=C/c2ccccc2OCc2ccccc2Cl)s1.